The van der Waals surface area contributed by atoms with Crippen LogP contribution in [0.2, 0.25) is 0 Å². The first-order valence-corrected chi connectivity index (χ1v) is 3.07. The first-order valence-electron chi connectivity index (χ1n) is 3.07. The van der Waals surface area contributed by atoms with Crippen LogP contribution in [0.5, 0.6) is 0 Å². The van der Waals surface area contributed by atoms with Gasteiger partial charge in [-0.05, 0) is 6.42 Å². The van der Waals surface area contributed by atoms with E-state index in [9.17, 15) is 4.79 Å². The van der Waals surface area contributed by atoms with Crippen LogP contribution in [-0.2, 0) is 13.0 Å². The second kappa shape index (κ2) is 1.46. The minimum absolute atomic E-state index is 0.0347. The van der Waals surface area contributed by atoms with Crippen LogP contribution in [0.1, 0.15) is 12.1 Å². The number of fused-ring (bicyclic) bond motifs is 1. The molecule has 1 aliphatic heterocycles. The lowest BCUT2D eigenvalue weighted by atomic mass is 10.3. The van der Waals surface area contributed by atoms with Crippen molar-refractivity contribution in [1.29, 1.82) is 0 Å². The average molecular weight is 126 g/mol. The van der Waals surface area contributed by atoms with E-state index in [1.165, 1.54) is 0 Å². The summed E-state index contributed by atoms with van der Waals surface area (Å²) in [6.07, 6.45) is 2.01. The Morgan fingerprint density at radius 3 is 3.22 bits per heavy atom. The second-order valence-corrected chi connectivity index (χ2v) is 2.27. The predicted molar refractivity (Wildman–Crippen MR) is 29.9 cm³/mol. The maximum Gasteiger partial charge on any atom is 0.393 e. The Kier molecular flexibility index (Phi) is 0.777. The normalized spacial score (nSPS) is 16.0. The van der Waals surface area contributed by atoms with Crippen molar-refractivity contribution in [2.45, 2.75) is 19.4 Å². The average Bonchev–Trinajstić information content (AvgIpc) is 2.35. The van der Waals surface area contributed by atoms with Gasteiger partial charge in [-0.3, -0.25) is 0 Å². The Bertz CT molecular complexity index is 272. The van der Waals surface area contributed by atoms with Gasteiger partial charge in [-0.1, -0.05) is 5.21 Å². The summed E-state index contributed by atoms with van der Waals surface area (Å²) in [5.41, 5.74) is 0.919. The van der Waals surface area contributed by atoms with Gasteiger partial charge in [-0.2, -0.15) is 4.68 Å². The molecule has 0 bridgehead atoms. The molecule has 4 nitrogen and oxygen atoms in total. The second-order valence-electron chi connectivity index (χ2n) is 2.27. The van der Waals surface area contributed by atoms with E-state index >= 15 is 0 Å². The molecule has 1 aromatic heterocycles. The Balaban J connectivity index is 2.70. The summed E-state index contributed by atoms with van der Waals surface area (Å²) >= 11 is 0. The van der Waals surface area contributed by atoms with Crippen LogP contribution in [0, 0.1) is 0 Å². The van der Waals surface area contributed by atoms with Crippen molar-refractivity contribution in [2.24, 2.45) is 0 Å². The predicted octanol–water partition coefficient (Wildman–Crippen LogP) is -1.06. The van der Waals surface area contributed by atoms with Crippen LogP contribution < -0.4 is 10.2 Å². The minimum Gasteiger partial charge on any atom is -0.235 e. The zero-order valence-electron chi connectivity index (χ0n) is 4.98. The molecule has 0 fully saturated rings. The highest BCUT2D eigenvalue weighted by atomic mass is 16.1. The van der Waals surface area contributed by atoms with Crippen LogP contribution >= 0.6 is 0 Å². The molecule has 48 valence electrons. The van der Waals surface area contributed by atoms with Gasteiger partial charge in [0.15, 0.2) is 0 Å². The van der Waals surface area contributed by atoms with E-state index < -0.39 is 0 Å². The molecule has 0 saturated heterocycles. The smallest absolute Gasteiger partial charge is 0.235 e. The number of rotatable bonds is 0. The highest BCUT2D eigenvalue weighted by Gasteiger charge is 2.20. The fourth-order valence-corrected chi connectivity index (χ4v) is 1.22. The van der Waals surface area contributed by atoms with Gasteiger partial charge in [-0.15, -0.1) is 5.10 Å². The van der Waals surface area contributed by atoms with Gasteiger partial charge in [-0.25, -0.2) is 4.79 Å². The summed E-state index contributed by atoms with van der Waals surface area (Å²) in [6, 6.07) is 0. The SMILES string of the molecule is O=c1[nH][nH][n+]2c1CCC2. The topological polar surface area (TPSA) is 52.5 Å². The highest BCUT2D eigenvalue weighted by molar-refractivity contribution is 4.87. The lowest BCUT2D eigenvalue weighted by Gasteiger charge is -1.78. The number of hydrogen-bond acceptors (Lipinski definition) is 1. The summed E-state index contributed by atoms with van der Waals surface area (Å²) in [7, 11) is 0. The first-order chi connectivity index (χ1) is 4.38. The zero-order chi connectivity index (χ0) is 6.27. The molecule has 0 atom stereocenters. The van der Waals surface area contributed by atoms with Gasteiger partial charge in [0.2, 0.25) is 5.69 Å². The van der Waals surface area contributed by atoms with E-state index in [-0.39, 0.29) is 5.56 Å². The number of nitrogens with zero attached hydrogens (tertiary/aromatic N) is 1. The Labute approximate surface area is 51.5 Å². The summed E-state index contributed by atoms with van der Waals surface area (Å²) < 4.78 is 1.86. The molecule has 0 amide bonds. The molecule has 0 unspecified atom stereocenters. The zero-order valence-corrected chi connectivity index (χ0v) is 4.98. The number of H-pyrrole nitrogens is 2. The van der Waals surface area contributed by atoms with Crippen LogP contribution in [0.25, 0.3) is 0 Å². The third-order valence-corrected chi connectivity index (χ3v) is 1.69. The van der Waals surface area contributed by atoms with Crippen molar-refractivity contribution in [3.8, 4) is 0 Å². The summed E-state index contributed by atoms with van der Waals surface area (Å²) in [6.45, 7) is 0.952. The molecular formula is C5H8N3O+. The molecule has 1 aromatic rings. The van der Waals surface area contributed by atoms with Gasteiger partial charge < -0.3 is 0 Å². The monoisotopic (exact) mass is 126 g/mol. The molecule has 2 rings (SSSR count). The van der Waals surface area contributed by atoms with E-state index in [2.05, 4.69) is 10.3 Å². The Morgan fingerprint density at radius 2 is 2.44 bits per heavy atom. The quantitative estimate of drug-likeness (QED) is 0.427. The standard InChI is InChI=1S/C5H7N3O/c9-5-4-2-1-3-8(4)7-6-5/h9H,1-3H2/p+1. The van der Waals surface area contributed by atoms with Crippen LogP contribution in [0.4, 0.5) is 0 Å². The lowest BCUT2D eigenvalue weighted by Crippen LogP contribution is -2.35. The molecule has 0 spiro atoms. The number of aryl methyl sites for hydroxylation is 1. The van der Waals surface area contributed by atoms with Crippen molar-refractivity contribution in [3.05, 3.63) is 16.0 Å². The number of aromatic amines is 2. The maximum absolute atomic E-state index is 10.8. The largest absolute Gasteiger partial charge is 0.393 e. The van der Waals surface area contributed by atoms with Gasteiger partial charge in [0.25, 0.3) is 0 Å². The third kappa shape index (κ3) is 0.526. The maximum atomic E-state index is 10.8. The molecule has 9 heavy (non-hydrogen) atoms. The molecule has 2 heterocycles. The van der Waals surface area contributed by atoms with E-state index in [1.807, 2.05) is 4.68 Å². The van der Waals surface area contributed by atoms with Gasteiger partial charge in [0, 0.05) is 6.42 Å². The molecule has 0 aromatic carbocycles. The Morgan fingerprint density at radius 1 is 1.56 bits per heavy atom. The number of hydrogen-bond donors (Lipinski definition) is 2. The number of nitrogens with one attached hydrogen (secondary N) is 2. The third-order valence-electron chi connectivity index (χ3n) is 1.69. The molecule has 4 heteroatoms. The van der Waals surface area contributed by atoms with Gasteiger partial charge in [0.1, 0.15) is 6.54 Å². The summed E-state index contributed by atoms with van der Waals surface area (Å²) in [4.78, 5) is 10.8. The van der Waals surface area contributed by atoms with Crippen molar-refractivity contribution in [2.75, 3.05) is 0 Å². The van der Waals surface area contributed by atoms with Crippen molar-refractivity contribution in [1.82, 2.24) is 10.3 Å². The van der Waals surface area contributed by atoms with E-state index in [0.29, 0.717) is 0 Å². The molecule has 2 N–H and O–H groups in total. The van der Waals surface area contributed by atoms with Gasteiger partial charge >= 0.3 is 5.56 Å². The van der Waals surface area contributed by atoms with Gasteiger partial charge in [0.05, 0.1) is 0 Å². The fourth-order valence-electron chi connectivity index (χ4n) is 1.22. The van der Waals surface area contributed by atoms with Crippen molar-refractivity contribution < 1.29 is 4.68 Å². The Hall–Kier alpha value is -1.06. The van der Waals surface area contributed by atoms with Crippen LogP contribution in [0.15, 0.2) is 4.79 Å². The van der Waals surface area contributed by atoms with Crippen molar-refractivity contribution >= 4 is 0 Å². The first kappa shape index (κ1) is 4.78. The summed E-state index contributed by atoms with van der Waals surface area (Å²) in [5.74, 6) is 0. The highest BCUT2D eigenvalue weighted by Crippen LogP contribution is 1.96. The molecule has 1 aliphatic rings. The van der Waals surface area contributed by atoms with Crippen molar-refractivity contribution in [3.63, 3.8) is 0 Å². The van der Waals surface area contributed by atoms with Crippen LogP contribution in [-0.4, -0.2) is 10.3 Å². The molecule has 0 aliphatic carbocycles. The molecule has 0 radical (unpaired) electrons. The lowest BCUT2D eigenvalue weighted by molar-refractivity contribution is -0.748. The number of aromatic nitrogens is 3. The fraction of sp³-hybridized carbons (Fsp3) is 0.600. The van der Waals surface area contributed by atoms with Crippen LogP contribution in [0.3, 0.4) is 0 Å². The minimum atomic E-state index is 0.0347. The molecule has 0 saturated carbocycles. The van der Waals surface area contributed by atoms with E-state index in [4.69, 9.17) is 0 Å². The van der Waals surface area contributed by atoms with E-state index in [0.717, 1.165) is 25.1 Å². The van der Waals surface area contributed by atoms with E-state index in [1.54, 1.807) is 0 Å². The summed E-state index contributed by atoms with van der Waals surface area (Å²) in [5, 5.41) is 5.29. The molecular weight excluding hydrogens is 118 g/mol.